The monoisotopic (exact) mass is 276 g/mol. The lowest BCUT2D eigenvalue weighted by molar-refractivity contribution is -0.132. The number of phenols is 1. The van der Waals surface area contributed by atoms with Gasteiger partial charge < -0.3 is 15.7 Å². The van der Waals surface area contributed by atoms with E-state index < -0.39 is 0 Å². The van der Waals surface area contributed by atoms with Gasteiger partial charge in [-0.3, -0.25) is 4.79 Å². The highest BCUT2D eigenvalue weighted by Crippen LogP contribution is 2.30. The minimum atomic E-state index is 0.0579. The lowest BCUT2D eigenvalue weighted by Gasteiger charge is -2.23. The number of nitrogens with zero attached hydrogens (tertiary/aromatic N) is 1. The first-order valence-electron chi connectivity index (χ1n) is 7.36. The van der Waals surface area contributed by atoms with E-state index >= 15 is 0 Å². The zero-order chi connectivity index (χ0) is 14.5. The number of amides is 1. The summed E-state index contributed by atoms with van der Waals surface area (Å²) in [4.78, 5) is 14.2. The number of aromatic hydroxyl groups is 1. The Hall–Kier alpha value is -1.55. The third-order valence-corrected chi connectivity index (χ3v) is 3.63. The van der Waals surface area contributed by atoms with Crippen LogP contribution in [0.4, 0.5) is 0 Å². The molecule has 4 heteroatoms. The fraction of sp³-hybridized carbons (Fsp3) is 0.562. The fourth-order valence-electron chi connectivity index (χ4n) is 2.25. The molecule has 20 heavy (non-hydrogen) atoms. The van der Waals surface area contributed by atoms with Crippen molar-refractivity contribution in [2.24, 2.45) is 11.7 Å². The van der Waals surface area contributed by atoms with E-state index in [0.29, 0.717) is 18.9 Å². The highest BCUT2D eigenvalue weighted by Gasteiger charge is 2.26. The highest BCUT2D eigenvalue weighted by atomic mass is 16.3. The summed E-state index contributed by atoms with van der Waals surface area (Å²) >= 11 is 0. The van der Waals surface area contributed by atoms with Gasteiger partial charge in [0.05, 0.1) is 0 Å². The molecule has 1 aromatic carbocycles. The number of rotatable bonds is 7. The van der Waals surface area contributed by atoms with Gasteiger partial charge in [0.2, 0.25) is 5.91 Å². The zero-order valence-corrected chi connectivity index (χ0v) is 12.1. The SMILES string of the molecule is CC(N)CCC(=O)N(Cc1cccc(O)c1)CC1CC1. The van der Waals surface area contributed by atoms with E-state index in [2.05, 4.69) is 0 Å². The number of carbonyl (C=O) groups is 1. The summed E-state index contributed by atoms with van der Waals surface area (Å²) < 4.78 is 0. The number of phenolic OH excluding ortho intramolecular Hbond substituents is 1. The lowest BCUT2D eigenvalue weighted by atomic mass is 10.1. The normalized spacial score (nSPS) is 15.9. The van der Waals surface area contributed by atoms with Gasteiger partial charge >= 0.3 is 0 Å². The highest BCUT2D eigenvalue weighted by molar-refractivity contribution is 5.76. The van der Waals surface area contributed by atoms with Crippen LogP contribution in [0.25, 0.3) is 0 Å². The molecule has 110 valence electrons. The maximum absolute atomic E-state index is 12.3. The van der Waals surface area contributed by atoms with Crippen LogP contribution in [0.5, 0.6) is 5.75 Å². The Balaban J connectivity index is 1.97. The molecule has 0 aromatic heterocycles. The number of carbonyl (C=O) groups excluding carboxylic acids is 1. The second kappa shape index (κ2) is 6.75. The topological polar surface area (TPSA) is 66.6 Å². The molecule has 1 amide bonds. The minimum absolute atomic E-state index is 0.0579. The Labute approximate surface area is 120 Å². The maximum atomic E-state index is 12.3. The molecule has 3 N–H and O–H groups in total. The molecule has 1 aliphatic carbocycles. The van der Waals surface area contributed by atoms with Gasteiger partial charge in [-0.05, 0) is 49.8 Å². The van der Waals surface area contributed by atoms with E-state index in [1.807, 2.05) is 24.0 Å². The Morgan fingerprint density at radius 3 is 2.85 bits per heavy atom. The molecule has 1 saturated carbocycles. The van der Waals surface area contributed by atoms with Gasteiger partial charge in [-0.1, -0.05) is 12.1 Å². The van der Waals surface area contributed by atoms with Crippen LogP contribution in [-0.4, -0.2) is 28.5 Å². The maximum Gasteiger partial charge on any atom is 0.222 e. The quantitative estimate of drug-likeness (QED) is 0.802. The van der Waals surface area contributed by atoms with Crippen LogP contribution in [0, 0.1) is 5.92 Å². The molecule has 4 nitrogen and oxygen atoms in total. The van der Waals surface area contributed by atoms with Gasteiger partial charge in [-0.2, -0.15) is 0 Å². The second-order valence-electron chi connectivity index (χ2n) is 5.90. The van der Waals surface area contributed by atoms with Crippen LogP contribution in [0.3, 0.4) is 0 Å². The molecule has 0 spiro atoms. The van der Waals surface area contributed by atoms with Crippen LogP contribution in [-0.2, 0) is 11.3 Å². The van der Waals surface area contributed by atoms with Crippen molar-refractivity contribution in [1.82, 2.24) is 4.90 Å². The van der Waals surface area contributed by atoms with Crippen molar-refractivity contribution in [3.05, 3.63) is 29.8 Å². The Kier molecular flexibility index (Phi) is 5.01. The molecule has 1 unspecified atom stereocenters. The first kappa shape index (κ1) is 14.9. The standard InChI is InChI=1S/C16H24N2O2/c1-12(17)5-8-16(20)18(10-13-6-7-13)11-14-3-2-4-15(19)9-14/h2-4,9,12-13,19H,5-8,10-11,17H2,1H3. The molecule has 1 aliphatic rings. The van der Waals surface area contributed by atoms with Gasteiger partial charge in [0.1, 0.15) is 5.75 Å². The predicted molar refractivity (Wildman–Crippen MR) is 79.1 cm³/mol. The van der Waals surface area contributed by atoms with E-state index in [9.17, 15) is 9.90 Å². The van der Waals surface area contributed by atoms with Crippen LogP contribution in [0.2, 0.25) is 0 Å². The van der Waals surface area contributed by atoms with Crippen molar-refractivity contribution in [2.75, 3.05) is 6.54 Å². The molecule has 0 radical (unpaired) electrons. The fourth-order valence-corrected chi connectivity index (χ4v) is 2.25. The molecular weight excluding hydrogens is 252 g/mol. The van der Waals surface area contributed by atoms with E-state index in [4.69, 9.17) is 5.73 Å². The van der Waals surface area contributed by atoms with Crippen molar-refractivity contribution >= 4 is 5.91 Å². The molecule has 1 atom stereocenters. The molecule has 0 bridgehead atoms. The van der Waals surface area contributed by atoms with Crippen LogP contribution in [0.1, 0.15) is 38.2 Å². The molecule has 0 heterocycles. The molecule has 1 fully saturated rings. The van der Waals surface area contributed by atoms with Gasteiger partial charge in [0, 0.05) is 25.6 Å². The van der Waals surface area contributed by atoms with Gasteiger partial charge in [-0.25, -0.2) is 0 Å². The molecule has 0 aliphatic heterocycles. The van der Waals surface area contributed by atoms with E-state index in [-0.39, 0.29) is 17.7 Å². The van der Waals surface area contributed by atoms with Crippen molar-refractivity contribution < 1.29 is 9.90 Å². The summed E-state index contributed by atoms with van der Waals surface area (Å²) in [5.74, 6) is 1.07. The first-order valence-corrected chi connectivity index (χ1v) is 7.36. The lowest BCUT2D eigenvalue weighted by Crippen LogP contribution is -2.33. The predicted octanol–water partition coefficient (Wildman–Crippen LogP) is 2.26. The summed E-state index contributed by atoms with van der Waals surface area (Å²) in [7, 11) is 0. The van der Waals surface area contributed by atoms with Crippen molar-refractivity contribution in [3.63, 3.8) is 0 Å². The average molecular weight is 276 g/mol. The van der Waals surface area contributed by atoms with E-state index in [1.54, 1.807) is 12.1 Å². The summed E-state index contributed by atoms with van der Waals surface area (Å²) in [5, 5.41) is 9.51. The number of nitrogens with two attached hydrogens (primary N) is 1. The third kappa shape index (κ3) is 4.85. The van der Waals surface area contributed by atoms with Crippen LogP contribution >= 0.6 is 0 Å². The third-order valence-electron chi connectivity index (χ3n) is 3.63. The second-order valence-corrected chi connectivity index (χ2v) is 5.90. The van der Waals surface area contributed by atoms with Crippen molar-refractivity contribution in [1.29, 1.82) is 0 Å². The largest absolute Gasteiger partial charge is 0.508 e. The van der Waals surface area contributed by atoms with Crippen molar-refractivity contribution in [2.45, 2.75) is 45.2 Å². The molecular formula is C16H24N2O2. The smallest absolute Gasteiger partial charge is 0.222 e. The molecule has 0 saturated heterocycles. The average Bonchev–Trinajstić information content (AvgIpc) is 3.19. The summed E-state index contributed by atoms with van der Waals surface area (Å²) in [5.41, 5.74) is 6.70. The molecule has 1 aromatic rings. The zero-order valence-electron chi connectivity index (χ0n) is 12.1. The Morgan fingerprint density at radius 1 is 1.50 bits per heavy atom. The Bertz CT molecular complexity index is 456. The number of benzene rings is 1. The van der Waals surface area contributed by atoms with Gasteiger partial charge in [-0.15, -0.1) is 0 Å². The Morgan fingerprint density at radius 2 is 2.25 bits per heavy atom. The number of hydrogen-bond donors (Lipinski definition) is 2. The van der Waals surface area contributed by atoms with E-state index in [0.717, 1.165) is 18.5 Å². The molecule has 2 rings (SSSR count). The van der Waals surface area contributed by atoms with Gasteiger partial charge in [0.15, 0.2) is 0 Å². The summed E-state index contributed by atoms with van der Waals surface area (Å²) in [6.07, 6.45) is 3.66. The van der Waals surface area contributed by atoms with Crippen LogP contribution in [0.15, 0.2) is 24.3 Å². The number of hydrogen-bond acceptors (Lipinski definition) is 3. The summed E-state index contributed by atoms with van der Waals surface area (Å²) in [6.45, 7) is 3.32. The van der Waals surface area contributed by atoms with Crippen molar-refractivity contribution in [3.8, 4) is 5.75 Å². The summed E-state index contributed by atoms with van der Waals surface area (Å²) in [6, 6.07) is 7.18. The van der Waals surface area contributed by atoms with E-state index in [1.165, 1.54) is 12.8 Å². The van der Waals surface area contributed by atoms with Crippen LogP contribution < -0.4 is 5.73 Å². The van der Waals surface area contributed by atoms with Gasteiger partial charge in [0.25, 0.3) is 0 Å². The minimum Gasteiger partial charge on any atom is -0.508 e. The first-order chi connectivity index (χ1) is 9.54.